The van der Waals surface area contributed by atoms with E-state index in [0.29, 0.717) is 11.8 Å². The zero-order valence-corrected chi connectivity index (χ0v) is 10.1. The first-order valence-electron chi connectivity index (χ1n) is 4.71. The van der Waals surface area contributed by atoms with Gasteiger partial charge in [-0.15, -0.1) is 5.54 Å². The average Bonchev–Trinajstić information content (AvgIpc) is 2.13. The minimum atomic E-state index is -1.49. The fourth-order valence-electron chi connectivity index (χ4n) is 1.02. The topological polar surface area (TPSA) is 17.1 Å². The van der Waals surface area contributed by atoms with Gasteiger partial charge in [0.25, 0.3) is 0 Å². The van der Waals surface area contributed by atoms with Gasteiger partial charge in [-0.25, -0.2) is 4.39 Å². The minimum Gasteiger partial charge on any atom is -0.298 e. The molecule has 0 fully saturated rings. The summed E-state index contributed by atoms with van der Waals surface area (Å²) in [5.41, 5.74) is 3.64. The van der Waals surface area contributed by atoms with Gasteiger partial charge in [0.2, 0.25) is 0 Å². The minimum absolute atomic E-state index is 0.0586. The van der Waals surface area contributed by atoms with Crippen molar-refractivity contribution in [1.82, 2.24) is 0 Å². The van der Waals surface area contributed by atoms with Crippen LogP contribution >= 0.6 is 0 Å². The molecule has 0 saturated carbocycles. The summed E-state index contributed by atoms with van der Waals surface area (Å²) in [6, 6.07) is 4.50. The molecule has 0 heterocycles. The predicted molar refractivity (Wildman–Crippen MR) is 62.0 cm³/mol. The lowest BCUT2D eigenvalue weighted by Gasteiger charge is -2.04. The van der Waals surface area contributed by atoms with Crippen molar-refractivity contribution in [3.63, 3.8) is 0 Å². The van der Waals surface area contributed by atoms with E-state index < -0.39 is 13.9 Å². The maximum Gasteiger partial charge on any atom is 0.154 e. The summed E-state index contributed by atoms with van der Waals surface area (Å²) >= 11 is 0. The maximum absolute atomic E-state index is 13.2. The Morgan fingerprint density at radius 3 is 2.53 bits per heavy atom. The zero-order chi connectivity index (χ0) is 11.5. The summed E-state index contributed by atoms with van der Waals surface area (Å²) in [5.74, 6) is 2.38. The maximum atomic E-state index is 13.2. The van der Waals surface area contributed by atoms with Crippen LogP contribution in [0.2, 0.25) is 19.6 Å². The fraction of sp³-hybridized carbons (Fsp3) is 0.250. The Balaban J connectivity index is 3.19. The van der Waals surface area contributed by atoms with Crippen molar-refractivity contribution in [1.29, 1.82) is 0 Å². The van der Waals surface area contributed by atoms with Crippen LogP contribution < -0.4 is 0 Å². The molecule has 0 amide bonds. The highest BCUT2D eigenvalue weighted by atomic mass is 28.3. The van der Waals surface area contributed by atoms with E-state index in [1.165, 1.54) is 6.07 Å². The van der Waals surface area contributed by atoms with Gasteiger partial charge in [-0.2, -0.15) is 0 Å². The van der Waals surface area contributed by atoms with Crippen LogP contribution in [0.1, 0.15) is 15.9 Å². The van der Waals surface area contributed by atoms with Crippen molar-refractivity contribution in [2.75, 3.05) is 0 Å². The second kappa shape index (κ2) is 4.41. The molecular formula is C12H13FOSi. The monoisotopic (exact) mass is 220 g/mol. The second-order valence-corrected chi connectivity index (χ2v) is 9.07. The van der Waals surface area contributed by atoms with Gasteiger partial charge < -0.3 is 0 Å². The van der Waals surface area contributed by atoms with E-state index in [0.717, 1.165) is 0 Å². The van der Waals surface area contributed by atoms with E-state index in [9.17, 15) is 9.18 Å². The SMILES string of the molecule is C[Si](C)(C)C#Cc1cccc(F)c1C=O. The summed E-state index contributed by atoms with van der Waals surface area (Å²) < 4.78 is 13.2. The van der Waals surface area contributed by atoms with Crippen LogP contribution in [0.25, 0.3) is 0 Å². The van der Waals surface area contributed by atoms with Crippen LogP contribution in [-0.4, -0.2) is 14.4 Å². The molecular weight excluding hydrogens is 207 g/mol. The summed E-state index contributed by atoms with van der Waals surface area (Å²) in [7, 11) is -1.49. The third-order valence-electron chi connectivity index (χ3n) is 1.74. The third-order valence-corrected chi connectivity index (χ3v) is 2.62. The molecule has 0 saturated heterocycles. The molecule has 0 aliphatic carbocycles. The summed E-state index contributed by atoms with van der Waals surface area (Å²) in [5, 5.41) is 0. The second-order valence-electron chi connectivity index (χ2n) is 4.32. The number of halogens is 1. The molecule has 0 N–H and O–H groups in total. The van der Waals surface area contributed by atoms with E-state index in [2.05, 4.69) is 31.1 Å². The predicted octanol–water partition coefficient (Wildman–Crippen LogP) is 2.87. The number of carbonyl (C=O) groups is 1. The number of carbonyl (C=O) groups excluding carboxylic acids is 1. The summed E-state index contributed by atoms with van der Waals surface area (Å²) in [6.07, 6.45) is 0.517. The van der Waals surface area contributed by atoms with E-state index in [1.807, 2.05) is 0 Å². The highest BCUT2D eigenvalue weighted by Gasteiger charge is 2.09. The molecule has 0 aromatic heterocycles. The lowest BCUT2D eigenvalue weighted by atomic mass is 10.1. The van der Waals surface area contributed by atoms with Crippen molar-refractivity contribution in [3.05, 3.63) is 35.1 Å². The number of aldehydes is 1. The van der Waals surface area contributed by atoms with Crippen LogP contribution in [0.15, 0.2) is 18.2 Å². The third kappa shape index (κ3) is 3.33. The molecule has 0 atom stereocenters. The largest absolute Gasteiger partial charge is 0.298 e. The molecule has 1 aromatic rings. The van der Waals surface area contributed by atoms with E-state index in [1.54, 1.807) is 12.1 Å². The first-order valence-corrected chi connectivity index (χ1v) is 8.21. The fourth-order valence-corrected chi connectivity index (χ4v) is 1.53. The molecule has 0 spiro atoms. The lowest BCUT2D eigenvalue weighted by molar-refractivity contribution is 0.111. The van der Waals surface area contributed by atoms with Gasteiger partial charge in [0.15, 0.2) is 6.29 Å². The molecule has 0 unspecified atom stereocenters. The van der Waals surface area contributed by atoms with E-state index in [4.69, 9.17) is 0 Å². The van der Waals surface area contributed by atoms with Crippen LogP contribution in [0.4, 0.5) is 4.39 Å². The molecule has 1 aromatic carbocycles. The number of benzene rings is 1. The summed E-state index contributed by atoms with van der Waals surface area (Å²) in [4.78, 5) is 10.7. The first-order chi connectivity index (χ1) is 6.94. The van der Waals surface area contributed by atoms with Crippen molar-refractivity contribution in [2.24, 2.45) is 0 Å². The quantitative estimate of drug-likeness (QED) is 0.404. The Labute approximate surface area is 90.3 Å². The van der Waals surface area contributed by atoms with Crippen molar-refractivity contribution >= 4 is 14.4 Å². The van der Waals surface area contributed by atoms with Crippen molar-refractivity contribution < 1.29 is 9.18 Å². The molecule has 0 radical (unpaired) electrons. The van der Waals surface area contributed by atoms with Crippen molar-refractivity contribution in [2.45, 2.75) is 19.6 Å². The average molecular weight is 220 g/mol. The molecule has 1 rings (SSSR count). The number of rotatable bonds is 1. The zero-order valence-electron chi connectivity index (χ0n) is 9.10. The van der Waals surface area contributed by atoms with Gasteiger partial charge in [0.1, 0.15) is 13.9 Å². The molecule has 1 nitrogen and oxygen atoms in total. The molecule has 0 aliphatic rings. The highest BCUT2D eigenvalue weighted by Crippen LogP contribution is 2.10. The molecule has 3 heteroatoms. The van der Waals surface area contributed by atoms with Gasteiger partial charge in [-0.1, -0.05) is 31.6 Å². The first kappa shape index (κ1) is 11.7. The van der Waals surface area contributed by atoms with Gasteiger partial charge >= 0.3 is 0 Å². The summed E-state index contributed by atoms with van der Waals surface area (Å²) in [6.45, 7) is 6.29. The van der Waals surface area contributed by atoms with E-state index in [-0.39, 0.29) is 5.56 Å². The van der Waals surface area contributed by atoms with Crippen LogP contribution in [-0.2, 0) is 0 Å². The lowest BCUT2D eigenvalue weighted by Crippen LogP contribution is -2.16. The standard InChI is InChI=1S/C12H13FOSi/c1-15(2,3)8-7-10-5-4-6-12(13)11(10)9-14/h4-6,9H,1-3H3. The molecule has 0 bridgehead atoms. The van der Waals surface area contributed by atoms with Crippen molar-refractivity contribution in [3.8, 4) is 11.5 Å². The van der Waals surface area contributed by atoms with E-state index >= 15 is 0 Å². The Morgan fingerprint density at radius 2 is 2.00 bits per heavy atom. The number of hydrogen-bond acceptors (Lipinski definition) is 1. The Bertz CT molecular complexity index is 435. The number of hydrogen-bond donors (Lipinski definition) is 0. The van der Waals surface area contributed by atoms with Crippen LogP contribution in [0.3, 0.4) is 0 Å². The smallest absolute Gasteiger partial charge is 0.154 e. The molecule has 0 aliphatic heterocycles. The molecule has 78 valence electrons. The van der Waals surface area contributed by atoms with Crippen LogP contribution in [0, 0.1) is 17.3 Å². The highest BCUT2D eigenvalue weighted by molar-refractivity contribution is 6.83. The van der Waals surface area contributed by atoms with Gasteiger partial charge in [0.05, 0.1) is 5.56 Å². The Kier molecular flexibility index (Phi) is 3.43. The van der Waals surface area contributed by atoms with Crippen LogP contribution in [0.5, 0.6) is 0 Å². The Hall–Kier alpha value is -1.40. The molecule has 15 heavy (non-hydrogen) atoms. The Morgan fingerprint density at radius 1 is 1.33 bits per heavy atom. The normalized spacial score (nSPS) is 10.4. The van der Waals surface area contributed by atoms with Gasteiger partial charge in [0, 0.05) is 5.56 Å². The van der Waals surface area contributed by atoms with Gasteiger partial charge in [-0.3, -0.25) is 4.79 Å². The van der Waals surface area contributed by atoms with Gasteiger partial charge in [-0.05, 0) is 12.1 Å².